The number of thiophene rings is 1. The predicted molar refractivity (Wildman–Crippen MR) is 115 cm³/mol. The maximum Gasteiger partial charge on any atom is 0.316 e. The highest BCUT2D eigenvalue weighted by molar-refractivity contribution is 7.10. The van der Waals surface area contributed by atoms with E-state index in [1.54, 1.807) is 11.3 Å². The van der Waals surface area contributed by atoms with Gasteiger partial charge in [-0.15, -0.1) is 11.3 Å². The van der Waals surface area contributed by atoms with Crippen LogP contribution in [-0.2, 0) is 6.42 Å². The van der Waals surface area contributed by atoms with Crippen molar-refractivity contribution in [1.29, 1.82) is 0 Å². The van der Waals surface area contributed by atoms with Gasteiger partial charge >= 0.3 is 11.8 Å². The Hall–Kier alpha value is -2.67. The molecule has 0 radical (unpaired) electrons. The monoisotopic (exact) mass is 410 g/mol. The zero-order valence-electron chi connectivity index (χ0n) is 16.9. The number of nitrogens with one attached hydrogen (secondary N) is 1. The van der Waals surface area contributed by atoms with Crippen LogP contribution < -0.4 is 10.2 Å². The summed E-state index contributed by atoms with van der Waals surface area (Å²) in [7, 11) is 0. The average molecular weight is 411 g/mol. The molecule has 0 saturated carbocycles. The van der Waals surface area contributed by atoms with Crippen LogP contribution in [0.2, 0.25) is 0 Å². The Bertz CT molecular complexity index is 955. The van der Waals surface area contributed by atoms with E-state index in [4.69, 9.17) is 4.52 Å². The molecule has 0 bridgehead atoms. The molecule has 1 saturated heterocycles. The number of carbonyl (C=O) groups excluding carboxylic acids is 1. The highest BCUT2D eigenvalue weighted by Crippen LogP contribution is 2.25. The van der Waals surface area contributed by atoms with Gasteiger partial charge < -0.3 is 14.7 Å². The number of benzene rings is 1. The molecule has 2 aromatic heterocycles. The molecule has 3 heterocycles. The molecule has 152 valence electrons. The smallest absolute Gasteiger partial charge is 0.316 e. The largest absolute Gasteiger partial charge is 0.372 e. The lowest BCUT2D eigenvalue weighted by Crippen LogP contribution is -2.32. The van der Waals surface area contributed by atoms with E-state index in [2.05, 4.69) is 57.8 Å². The number of hydrogen-bond donors (Lipinski definition) is 1. The first kappa shape index (κ1) is 19.6. The summed E-state index contributed by atoms with van der Waals surface area (Å²) in [6, 6.07) is 10.2. The summed E-state index contributed by atoms with van der Waals surface area (Å²) in [6.45, 7) is 7.12. The summed E-state index contributed by atoms with van der Waals surface area (Å²) < 4.78 is 5.17. The van der Waals surface area contributed by atoms with Gasteiger partial charge in [-0.2, -0.15) is 4.98 Å². The number of anilines is 1. The van der Waals surface area contributed by atoms with Crippen LogP contribution in [0.25, 0.3) is 11.4 Å². The Morgan fingerprint density at radius 2 is 2.00 bits per heavy atom. The molecule has 1 fully saturated rings. The number of piperidine rings is 1. The molecule has 0 spiro atoms. The quantitative estimate of drug-likeness (QED) is 0.655. The van der Waals surface area contributed by atoms with Crippen molar-refractivity contribution in [2.75, 3.05) is 24.5 Å². The summed E-state index contributed by atoms with van der Waals surface area (Å²) in [4.78, 5) is 20.2. The molecule has 7 heteroatoms. The lowest BCUT2D eigenvalue weighted by molar-refractivity contribution is 0.0910. The zero-order chi connectivity index (χ0) is 20.2. The van der Waals surface area contributed by atoms with E-state index in [-0.39, 0.29) is 11.8 Å². The Balaban J connectivity index is 1.34. The molecule has 1 amide bonds. The summed E-state index contributed by atoms with van der Waals surface area (Å²) in [5, 5.41) is 8.89. The highest BCUT2D eigenvalue weighted by atomic mass is 32.1. The van der Waals surface area contributed by atoms with Crippen molar-refractivity contribution >= 4 is 22.9 Å². The van der Waals surface area contributed by atoms with Crippen molar-refractivity contribution in [2.45, 2.75) is 33.1 Å². The molecule has 0 aliphatic carbocycles. The molecule has 0 atom stereocenters. The number of aromatic nitrogens is 2. The Morgan fingerprint density at radius 3 is 2.69 bits per heavy atom. The lowest BCUT2D eigenvalue weighted by Gasteiger charge is -2.32. The number of carbonyl (C=O) groups is 1. The molecule has 1 N–H and O–H groups in total. The predicted octanol–water partition coefficient (Wildman–Crippen LogP) is 4.32. The molecule has 0 unspecified atom stereocenters. The van der Waals surface area contributed by atoms with Gasteiger partial charge in [0.2, 0.25) is 5.82 Å². The van der Waals surface area contributed by atoms with E-state index in [0.29, 0.717) is 12.4 Å². The Labute approximate surface area is 174 Å². The normalized spacial score (nSPS) is 14.9. The van der Waals surface area contributed by atoms with Gasteiger partial charge in [-0.25, -0.2) is 0 Å². The fraction of sp³-hybridized carbons (Fsp3) is 0.409. The standard InChI is InChI=1S/C22H26N4O2S/c1-15-8-12-26(13-9-15)18-5-3-17(4-6-18)20-24-22(28-25-20)21(27)23-11-7-19-16(2)10-14-29-19/h3-6,10,14-15H,7-9,11-13H2,1-2H3,(H,23,27). The van der Waals surface area contributed by atoms with Gasteiger partial charge in [0.25, 0.3) is 0 Å². The van der Waals surface area contributed by atoms with Crippen molar-refractivity contribution in [3.05, 3.63) is 52.0 Å². The van der Waals surface area contributed by atoms with Gasteiger partial charge in [0.1, 0.15) is 0 Å². The number of aryl methyl sites for hydroxylation is 1. The summed E-state index contributed by atoms with van der Waals surface area (Å²) >= 11 is 1.70. The molecular formula is C22H26N4O2S. The van der Waals surface area contributed by atoms with Gasteiger partial charge in [-0.05, 0) is 73.4 Å². The van der Waals surface area contributed by atoms with Gasteiger partial charge in [-0.1, -0.05) is 12.1 Å². The van der Waals surface area contributed by atoms with Crippen molar-refractivity contribution in [2.24, 2.45) is 5.92 Å². The van der Waals surface area contributed by atoms with Crippen LogP contribution >= 0.6 is 11.3 Å². The third-order valence-electron chi connectivity index (χ3n) is 5.50. The van der Waals surface area contributed by atoms with Crippen molar-refractivity contribution in [1.82, 2.24) is 15.5 Å². The van der Waals surface area contributed by atoms with Crippen LogP contribution in [0.3, 0.4) is 0 Å². The zero-order valence-corrected chi connectivity index (χ0v) is 17.7. The van der Waals surface area contributed by atoms with Crippen molar-refractivity contribution in [3.8, 4) is 11.4 Å². The van der Waals surface area contributed by atoms with E-state index < -0.39 is 0 Å². The molecule has 1 aliphatic heterocycles. The van der Waals surface area contributed by atoms with Crippen LogP contribution in [0.15, 0.2) is 40.2 Å². The lowest BCUT2D eigenvalue weighted by atomic mass is 9.98. The van der Waals surface area contributed by atoms with E-state index in [0.717, 1.165) is 31.0 Å². The van der Waals surface area contributed by atoms with Crippen LogP contribution in [-0.4, -0.2) is 35.7 Å². The van der Waals surface area contributed by atoms with Crippen molar-refractivity contribution in [3.63, 3.8) is 0 Å². The van der Waals surface area contributed by atoms with Crippen molar-refractivity contribution < 1.29 is 9.32 Å². The third kappa shape index (κ3) is 4.67. The van der Waals surface area contributed by atoms with E-state index in [1.165, 1.54) is 29.0 Å². The molecule has 4 rings (SSSR count). The molecule has 1 aromatic carbocycles. The number of rotatable bonds is 6. The maximum atomic E-state index is 12.3. The van der Waals surface area contributed by atoms with E-state index >= 15 is 0 Å². The third-order valence-corrected chi connectivity index (χ3v) is 6.58. The molecule has 1 aliphatic rings. The first-order chi connectivity index (χ1) is 14.1. The summed E-state index contributed by atoms with van der Waals surface area (Å²) in [6.07, 6.45) is 3.27. The highest BCUT2D eigenvalue weighted by Gasteiger charge is 2.18. The molecular weight excluding hydrogens is 384 g/mol. The number of hydrogen-bond acceptors (Lipinski definition) is 6. The first-order valence-corrected chi connectivity index (χ1v) is 11.0. The average Bonchev–Trinajstić information content (AvgIpc) is 3.38. The second kappa shape index (κ2) is 8.78. The minimum absolute atomic E-state index is 0.00278. The van der Waals surface area contributed by atoms with Gasteiger partial charge in [0.05, 0.1) is 0 Å². The molecule has 3 aromatic rings. The SMILES string of the molecule is Cc1ccsc1CCNC(=O)c1nc(-c2ccc(N3CCC(C)CC3)cc2)no1. The first-order valence-electron chi connectivity index (χ1n) is 10.1. The molecule has 6 nitrogen and oxygen atoms in total. The minimum Gasteiger partial charge on any atom is -0.372 e. The Kier molecular flexibility index (Phi) is 5.94. The van der Waals surface area contributed by atoms with Crippen LogP contribution in [0.1, 0.15) is 40.9 Å². The fourth-order valence-corrected chi connectivity index (χ4v) is 4.46. The van der Waals surface area contributed by atoms with Crippen LogP contribution in [0.4, 0.5) is 5.69 Å². The van der Waals surface area contributed by atoms with Gasteiger partial charge in [0.15, 0.2) is 0 Å². The van der Waals surface area contributed by atoms with E-state index in [9.17, 15) is 4.79 Å². The van der Waals surface area contributed by atoms with E-state index in [1.807, 2.05) is 12.1 Å². The van der Waals surface area contributed by atoms with Gasteiger partial charge in [0, 0.05) is 35.8 Å². The molecule has 29 heavy (non-hydrogen) atoms. The second-order valence-corrected chi connectivity index (χ2v) is 8.67. The van der Waals surface area contributed by atoms with Crippen LogP contribution in [0, 0.1) is 12.8 Å². The maximum absolute atomic E-state index is 12.3. The second-order valence-electron chi connectivity index (χ2n) is 7.67. The summed E-state index contributed by atoms with van der Waals surface area (Å²) in [5.74, 6) is 0.904. The van der Waals surface area contributed by atoms with Crippen LogP contribution in [0.5, 0.6) is 0 Å². The Morgan fingerprint density at radius 1 is 1.24 bits per heavy atom. The summed E-state index contributed by atoms with van der Waals surface area (Å²) in [5.41, 5.74) is 3.31. The number of amides is 1. The fourth-order valence-electron chi connectivity index (χ4n) is 3.55. The number of nitrogens with zero attached hydrogens (tertiary/aromatic N) is 3. The minimum atomic E-state index is -0.336. The topological polar surface area (TPSA) is 71.3 Å². The van der Waals surface area contributed by atoms with Gasteiger partial charge in [-0.3, -0.25) is 4.79 Å².